The SMILES string of the molecule is CCCCCCCCCCCCCCCCP(=S)(Cl)Cl. The van der Waals surface area contributed by atoms with Crippen LogP contribution in [0.3, 0.4) is 0 Å². The van der Waals surface area contributed by atoms with Gasteiger partial charge in [-0.05, 0) is 6.42 Å². The largest absolute Gasteiger partial charge is 0.120 e. The summed E-state index contributed by atoms with van der Waals surface area (Å²) >= 11 is 16.8. The molecule has 0 aromatic heterocycles. The van der Waals surface area contributed by atoms with Gasteiger partial charge in [0.25, 0.3) is 0 Å². The Labute approximate surface area is 142 Å². The third kappa shape index (κ3) is 19.2. The van der Waals surface area contributed by atoms with Gasteiger partial charge in [-0.2, -0.15) is 0 Å². The van der Waals surface area contributed by atoms with E-state index in [2.05, 4.69) is 6.92 Å². The molecule has 0 fully saturated rings. The third-order valence-corrected chi connectivity index (χ3v) is 6.17. The Hall–Kier alpha value is 1.23. The molecular formula is C16H33Cl2PS. The normalized spacial score (nSPS) is 11.9. The number of unbranched alkanes of at least 4 members (excludes halogenated alkanes) is 13. The zero-order valence-corrected chi connectivity index (χ0v) is 16.4. The molecule has 0 nitrogen and oxygen atoms in total. The quantitative estimate of drug-likeness (QED) is 0.209. The summed E-state index contributed by atoms with van der Waals surface area (Å²) in [6, 6.07) is 0. The summed E-state index contributed by atoms with van der Waals surface area (Å²) in [5.74, 6) is 0. The molecule has 0 amide bonds. The van der Waals surface area contributed by atoms with E-state index in [1.54, 1.807) is 0 Å². The lowest BCUT2D eigenvalue weighted by atomic mass is 10.0. The van der Waals surface area contributed by atoms with Gasteiger partial charge >= 0.3 is 0 Å². The van der Waals surface area contributed by atoms with Gasteiger partial charge < -0.3 is 0 Å². The molecule has 0 saturated heterocycles. The molecule has 0 aromatic rings. The van der Waals surface area contributed by atoms with Crippen LogP contribution in [0.4, 0.5) is 0 Å². The van der Waals surface area contributed by atoms with Crippen molar-refractivity contribution in [2.24, 2.45) is 0 Å². The van der Waals surface area contributed by atoms with Crippen molar-refractivity contribution in [1.29, 1.82) is 0 Å². The van der Waals surface area contributed by atoms with E-state index in [4.69, 9.17) is 34.3 Å². The monoisotopic (exact) mass is 358 g/mol. The van der Waals surface area contributed by atoms with Crippen molar-refractivity contribution in [3.63, 3.8) is 0 Å². The molecule has 122 valence electrons. The third-order valence-electron chi connectivity index (χ3n) is 3.77. The van der Waals surface area contributed by atoms with Gasteiger partial charge in [-0.3, -0.25) is 0 Å². The maximum atomic E-state index is 5.88. The van der Waals surface area contributed by atoms with Crippen molar-refractivity contribution in [2.75, 3.05) is 6.16 Å². The molecular weight excluding hydrogens is 326 g/mol. The Morgan fingerprint density at radius 1 is 0.600 bits per heavy atom. The summed E-state index contributed by atoms with van der Waals surface area (Å²) < 4.78 is -1.97. The topological polar surface area (TPSA) is 0 Å². The molecule has 0 aliphatic heterocycles. The van der Waals surface area contributed by atoms with Crippen molar-refractivity contribution in [1.82, 2.24) is 0 Å². The van der Waals surface area contributed by atoms with Gasteiger partial charge in [0, 0.05) is 6.16 Å². The van der Waals surface area contributed by atoms with Gasteiger partial charge in [-0.25, -0.2) is 0 Å². The first-order chi connectivity index (χ1) is 9.56. The molecule has 0 rings (SSSR count). The zero-order valence-electron chi connectivity index (χ0n) is 13.2. The van der Waals surface area contributed by atoms with Crippen molar-refractivity contribution >= 4 is 39.0 Å². The maximum absolute atomic E-state index is 5.88. The number of hydrogen-bond acceptors (Lipinski definition) is 1. The maximum Gasteiger partial charge on any atom is 0.120 e. The fourth-order valence-corrected chi connectivity index (χ4v) is 4.19. The van der Waals surface area contributed by atoms with E-state index in [0.29, 0.717) is 0 Å². The number of hydrogen-bond donors (Lipinski definition) is 0. The molecule has 0 radical (unpaired) electrons. The predicted octanol–water partition coefficient (Wildman–Crippen LogP) is 8.25. The van der Waals surface area contributed by atoms with E-state index in [-0.39, 0.29) is 0 Å². The van der Waals surface area contributed by atoms with Crippen LogP contribution in [0.25, 0.3) is 0 Å². The standard InChI is InChI=1S/C16H33Cl2PS/c1-2-3-4-5-6-7-8-9-10-11-12-13-14-15-16-19(17,18)20/h2-16H2,1H3. The summed E-state index contributed by atoms with van der Waals surface area (Å²) in [7, 11) is 0. The summed E-state index contributed by atoms with van der Waals surface area (Å²) in [4.78, 5) is 0. The summed E-state index contributed by atoms with van der Waals surface area (Å²) in [5, 5.41) is 0. The Morgan fingerprint density at radius 2 is 0.900 bits per heavy atom. The fraction of sp³-hybridized carbons (Fsp3) is 1.00. The average Bonchev–Trinajstić information content (AvgIpc) is 2.38. The summed E-state index contributed by atoms with van der Waals surface area (Å²) in [6.07, 6.45) is 20.1. The van der Waals surface area contributed by atoms with Gasteiger partial charge in [0.1, 0.15) is 4.74 Å². The highest BCUT2D eigenvalue weighted by Crippen LogP contribution is 2.57. The van der Waals surface area contributed by atoms with E-state index in [1.807, 2.05) is 0 Å². The zero-order chi connectivity index (χ0) is 15.1. The van der Waals surface area contributed by atoms with E-state index >= 15 is 0 Å². The van der Waals surface area contributed by atoms with Crippen molar-refractivity contribution in [3.05, 3.63) is 0 Å². The molecule has 0 aliphatic rings. The first-order valence-corrected chi connectivity index (χ1v) is 13.3. The van der Waals surface area contributed by atoms with Crippen LogP contribution in [-0.2, 0) is 11.8 Å². The molecule has 4 heteroatoms. The smallest absolute Gasteiger partial charge is 0.0684 e. The number of rotatable bonds is 15. The highest BCUT2D eigenvalue weighted by Gasteiger charge is 2.06. The van der Waals surface area contributed by atoms with Gasteiger partial charge in [0.15, 0.2) is 0 Å². The Morgan fingerprint density at radius 3 is 1.20 bits per heavy atom. The molecule has 0 unspecified atom stereocenters. The Balaban J connectivity index is 3.01. The lowest BCUT2D eigenvalue weighted by Crippen LogP contribution is -1.84. The molecule has 0 heterocycles. The van der Waals surface area contributed by atoms with Crippen LogP contribution in [0.15, 0.2) is 0 Å². The average molecular weight is 359 g/mol. The Kier molecular flexibility index (Phi) is 16.1. The molecule has 0 N–H and O–H groups in total. The minimum atomic E-state index is -1.97. The molecule has 0 atom stereocenters. The molecule has 0 bridgehead atoms. The lowest BCUT2D eigenvalue weighted by molar-refractivity contribution is 0.538. The fourth-order valence-electron chi connectivity index (χ4n) is 2.49. The van der Waals surface area contributed by atoms with Crippen molar-refractivity contribution < 1.29 is 0 Å². The first kappa shape index (κ1) is 21.2. The summed E-state index contributed by atoms with van der Waals surface area (Å²) in [6.45, 7) is 2.28. The van der Waals surface area contributed by atoms with E-state index in [9.17, 15) is 0 Å². The van der Waals surface area contributed by atoms with Crippen LogP contribution < -0.4 is 0 Å². The van der Waals surface area contributed by atoms with Crippen LogP contribution in [0.1, 0.15) is 96.8 Å². The highest BCUT2D eigenvalue weighted by atomic mass is 35.9. The van der Waals surface area contributed by atoms with Gasteiger partial charge in [-0.15, -0.1) is 0 Å². The van der Waals surface area contributed by atoms with Gasteiger partial charge in [0.05, 0.1) is 0 Å². The lowest BCUT2D eigenvalue weighted by Gasteiger charge is -2.05. The minimum Gasteiger partial charge on any atom is -0.0684 e. The summed E-state index contributed by atoms with van der Waals surface area (Å²) in [5.41, 5.74) is 0. The second-order valence-corrected chi connectivity index (χ2v) is 14.5. The highest BCUT2D eigenvalue weighted by molar-refractivity contribution is 8.39. The molecule has 0 saturated carbocycles. The molecule has 0 aliphatic carbocycles. The van der Waals surface area contributed by atoms with E-state index in [0.717, 1.165) is 12.6 Å². The van der Waals surface area contributed by atoms with Crippen LogP contribution in [0, 0.1) is 0 Å². The molecule has 0 spiro atoms. The molecule has 0 aromatic carbocycles. The van der Waals surface area contributed by atoms with Gasteiger partial charge in [0.2, 0.25) is 0 Å². The van der Waals surface area contributed by atoms with E-state index in [1.165, 1.54) is 83.5 Å². The van der Waals surface area contributed by atoms with Crippen LogP contribution in [-0.4, -0.2) is 6.16 Å². The van der Waals surface area contributed by atoms with E-state index < -0.39 is 4.74 Å². The number of halogens is 2. The second kappa shape index (κ2) is 15.1. The van der Waals surface area contributed by atoms with Crippen LogP contribution >= 0.6 is 27.2 Å². The Bertz CT molecular complexity index is 241. The van der Waals surface area contributed by atoms with Crippen molar-refractivity contribution in [3.8, 4) is 0 Å². The van der Waals surface area contributed by atoms with Crippen LogP contribution in [0.5, 0.6) is 0 Å². The minimum absolute atomic E-state index is 0.851. The van der Waals surface area contributed by atoms with Crippen molar-refractivity contribution in [2.45, 2.75) is 96.8 Å². The van der Waals surface area contributed by atoms with Gasteiger partial charge in [-0.1, -0.05) is 125 Å². The second-order valence-electron chi connectivity index (χ2n) is 5.89. The van der Waals surface area contributed by atoms with Crippen LogP contribution in [0.2, 0.25) is 0 Å². The first-order valence-electron chi connectivity index (χ1n) is 8.54. The molecule has 20 heavy (non-hydrogen) atoms. The predicted molar refractivity (Wildman–Crippen MR) is 101 cm³/mol.